The second-order valence-electron chi connectivity index (χ2n) is 5.73. The maximum absolute atomic E-state index is 5.14. The number of anilines is 1. The number of nitrogens with one attached hydrogen (secondary N) is 2. The highest BCUT2D eigenvalue weighted by Gasteiger charge is 2.04. The number of aliphatic imine (C=N–C) groups is 1. The van der Waals surface area contributed by atoms with Gasteiger partial charge in [-0.3, -0.25) is 4.99 Å². The number of nitrogens with zero attached hydrogens (tertiary/aromatic N) is 2. The smallest absolute Gasteiger partial charge is 0.191 e. The fraction of sp³-hybridized carbons (Fsp3) is 0.611. The Morgan fingerprint density at radius 3 is 2.65 bits per heavy atom. The second kappa shape index (κ2) is 11.8. The number of unbranched alkanes of at least 4 members (excludes halogenated alkanes) is 1. The average Bonchev–Trinajstić information content (AvgIpc) is 2.55. The molecule has 0 spiro atoms. The van der Waals surface area contributed by atoms with Crippen molar-refractivity contribution >= 4 is 11.6 Å². The summed E-state index contributed by atoms with van der Waals surface area (Å²) in [6.45, 7) is 7.58. The molecular weight excluding hydrogens is 288 g/mol. The largest absolute Gasteiger partial charge is 0.383 e. The molecule has 0 saturated carbocycles. The molecule has 0 aromatic heterocycles. The molecule has 0 aliphatic rings. The van der Waals surface area contributed by atoms with Gasteiger partial charge in [0.05, 0.1) is 6.61 Å². The first-order chi connectivity index (χ1) is 11.2. The first-order valence-corrected chi connectivity index (χ1v) is 8.47. The van der Waals surface area contributed by atoms with Gasteiger partial charge in [0.15, 0.2) is 5.96 Å². The van der Waals surface area contributed by atoms with E-state index in [2.05, 4.69) is 65.7 Å². The Kier molecular flexibility index (Phi) is 9.87. The van der Waals surface area contributed by atoms with Gasteiger partial charge in [0.25, 0.3) is 0 Å². The van der Waals surface area contributed by atoms with E-state index in [-0.39, 0.29) is 6.04 Å². The normalized spacial score (nSPS) is 12.8. The van der Waals surface area contributed by atoms with Crippen LogP contribution in [0.3, 0.4) is 0 Å². The predicted octanol–water partition coefficient (Wildman–Crippen LogP) is 2.49. The van der Waals surface area contributed by atoms with E-state index >= 15 is 0 Å². The molecule has 0 radical (unpaired) electrons. The van der Waals surface area contributed by atoms with Crippen molar-refractivity contribution in [3.05, 3.63) is 30.3 Å². The number of ether oxygens (including phenoxy) is 1. The number of benzene rings is 1. The standard InChI is InChI=1S/C18H32N4O/c1-5-19-18(21-16(2)15-23-4)20-13-9-10-14-22(3)17-11-7-6-8-12-17/h6-8,11-12,16H,5,9-10,13-15H2,1-4H3,(H2,19,20,21). The quantitative estimate of drug-likeness (QED) is 0.395. The van der Waals surface area contributed by atoms with Crippen LogP contribution in [0.15, 0.2) is 35.3 Å². The van der Waals surface area contributed by atoms with Crippen LogP contribution in [0.1, 0.15) is 26.7 Å². The Bertz CT molecular complexity index is 436. The van der Waals surface area contributed by atoms with Crippen LogP contribution in [-0.4, -0.2) is 52.4 Å². The molecule has 1 aromatic carbocycles. The zero-order valence-corrected chi connectivity index (χ0v) is 15.0. The van der Waals surface area contributed by atoms with Crippen LogP contribution in [-0.2, 0) is 4.74 Å². The Morgan fingerprint density at radius 1 is 1.26 bits per heavy atom. The predicted molar refractivity (Wildman–Crippen MR) is 99.4 cm³/mol. The molecule has 0 bridgehead atoms. The minimum Gasteiger partial charge on any atom is -0.383 e. The highest BCUT2D eigenvalue weighted by Crippen LogP contribution is 2.11. The first kappa shape index (κ1) is 19.3. The third-order valence-corrected chi connectivity index (χ3v) is 3.51. The van der Waals surface area contributed by atoms with Crippen molar-refractivity contribution in [3.63, 3.8) is 0 Å². The lowest BCUT2D eigenvalue weighted by molar-refractivity contribution is 0.179. The molecule has 1 rings (SSSR count). The monoisotopic (exact) mass is 320 g/mol. The molecule has 1 atom stereocenters. The molecule has 0 fully saturated rings. The molecule has 0 aliphatic heterocycles. The number of hydrogen-bond donors (Lipinski definition) is 2. The zero-order valence-electron chi connectivity index (χ0n) is 15.0. The molecule has 1 aromatic rings. The fourth-order valence-corrected chi connectivity index (χ4v) is 2.31. The van der Waals surface area contributed by atoms with Gasteiger partial charge in [-0.2, -0.15) is 0 Å². The van der Waals surface area contributed by atoms with Gasteiger partial charge in [-0.1, -0.05) is 18.2 Å². The van der Waals surface area contributed by atoms with E-state index in [0.717, 1.165) is 38.4 Å². The lowest BCUT2D eigenvalue weighted by Gasteiger charge is -2.19. The van der Waals surface area contributed by atoms with Crippen molar-refractivity contribution in [2.45, 2.75) is 32.7 Å². The molecule has 0 amide bonds. The SMILES string of the molecule is CCNC(=NCCCCN(C)c1ccccc1)NC(C)COC. The van der Waals surface area contributed by atoms with Gasteiger partial charge in [0.2, 0.25) is 0 Å². The number of methoxy groups -OCH3 is 1. The van der Waals surface area contributed by atoms with Gasteiger partial charge >= 0.3 is 0 Å². The van der Waals surface area contributed by atoms with E-state index in [1.165, 1.54) is 5.69 Å². The van der Waals surface area contributed by atoms with E-state index in [4.69, 9.17) is 4.74 Å². The maximum atomic E-state index is 5.14. The van der Waals surface area contributed by atoms with E-state index < -0.39 is 0 Å². The van der Waals surface area contributed by atoms with Crippen LogP contribution < -0.4 is 15.5 Å². The van der Waals surface area contributed by atoms with Crippen LogP contribution in [0.2, 0.25) is 0 Å². The van der Waals surface area contributed by atoms with Crippen molar-refractivity contribution in [1.82, 2.24) is 10.6 Å². The van der Waals surface area contributed by atoms with Gasteiger partial charge in [-0.25, -0.2) is 0 Å². The minimum absolute atomic E-state index is 0.252. The summed E-state index contributed by atoms with van der Waals surface area (Å²) in [5.74, 6) is 0.869. The third kappa shape index (κ3) is 8.45. The molecule has 5 heteroatoms. The van der Waals surface area contributed by atoms with Crippen LogP contribution in [0.4, 0.5) is 5.69 Å². The molecule has 23 heavy (non-hydrogen) atoms. The van der Waals surface area contributed by atoms with Crippen molar-refractivity contribution in [1.29, 1.82) is 0 Å². The van der Waals surface area contributed by atoms with E-state index in [0.29, 0.717) is 6.61 Å². The highest BCUT2D eigenvalue weighted by molar-refractivity contribution is 5.80. The summed E-state index contributed by atoms with van der Waals surface area (Å²) < 4.78 is 5.14. The van der Waals surface area contributed by atoms with Crippen LogP contribution in [0.25, 0.3) is 0 Å². The number of guanidine groups is 1. The summed E-state index contributed by atoms with van der Waals surface area (Å²) in [6.07, 6.45) is 2.20. The summed E-state index contributed by atoms with van der Waals surface area (Å²) in [7, 11) is 3.85. The average molecular weight is 320 g/mol. The molecule has 0 heterocycles. The number of hydrogen-bond acceptors (Lipinski definition) is 3. The Morgan fingerprint density at radius 2 is 2.00 bits per heavy atom. The summed E-state index contributed by atoms with van der Waals surface area (Å²) in [5.41, 5.74) is 1.26. The van der Waals surface area contributed by atoms with Crippen molar-refractivity contribution in [2.75, 3.05) is 45.3 Å². The summed E-state index contributed by atoms with van der Waals surface area (Å²) in [4.78, 5) is 6.91. The topological polar surface area (TPSA) is 48.9 Å². The lowest BCUT2D eigenvalue weighted by Crippen LogP contribution is -2.44. The summed E-state index contributed by atoms with van der Waals surface area (Å²) in [6, 6.07) is 10.7. The first-order valence-electron chi connectivity index (χ1n) is 8.47. The molecule has 1 unspecified atom stereocenters. The number of para-hydroxylation sites is 1. The molecule has 5 nitrogen and oxygen atoms in total. The Labute approximate surface area is 141 Å². The number of rotatable bonds is 10. The molecular formula is C18H32N4O. The van der Waals surface area contributed by atoms with Crippen LogP contribution >= 0.6 is 0 Å². The molecule has 0 saturated heterocycles. The zero-order chi connectivity index (χ0) is 16.9. The van der Waals surface area contributed by atoms with Crippen molar-refractivity contribution in [2.24, 2.45) is 4.99 Å². The van der Waals surface area contributed by atoms with Gasteiger partial charge in [-0.05, 0) is 38.8 Å². The molecule has 0 aliphatic carbocycles. The van der Waals surface area contributed by atoms with E-state index in [9.17, 15) is 0 Å². The molecule has 2 N–H and O–H groups in total. The summed E-state index contributed by atoms with van der Waals surface area (Å²) >= 11 is 0. The Hall–Kier alpha value is -1.75. The van der Waals surface area contributed by atoms with E-state index in [1.54, 1.807) is 7.11 Å². The highest BCUT2D eigenvalue weighted by atomic mass is 16.5. The Balaban J connectivity index is 2.29. The van der Waals surface area contributed by atoms with Crippen LogP contribution in [0, 0.1) is 0 Å². The van der Waals surface area contributed by atoms with Crippen molar-refractivity contribution < 1.29 is 4.74 Å². The second-order valence-corrected chi connectivity index (χ2v) is 5.73. The van der Waals surface area contributed by atoms with Gasteiger partial charge in [-0.15, -0.1) is 0 Å². The summed E-state index contributed by atoms with van der Waals surface area (Å²) in [5, 5.41) is 6.62. The van der Waals surface area contributed by atoms with Gasteiger partial charge in [0, 0.05) is 45.5 Å². The van der Waals surface area contributed by atoms with Crippen LogP contribution in [0.5, 0.6) is 0 Å². The molecule has 130 valence electrons. The third-order valence-electron chi connectivity index (χ3n) is 3.51. The van der Waals surface area contributed by atoms with Gasteiger partial charge < -0.3 is 20.3 Å². The van der Waals surface area contributed by atoms with Gasteiger partial charge in [0.1, 0.15) is 0 Å². The fourth-order valence-electron chi connectivity index (χ4n) is 2.31. The minimum atomic E-state index is 0.252. The van der Waals surface area contributed by atoms with Crippen molar-refractivity contribution in [3.8, 4) is 0 Å². The lowest BCUT2D eigenvalue weighted by atomic mass is 10.2. The maximum Gasteiger partial charge on any atom is 0.191 e. The van der Waals surface area contributed by atoms with E-state index in [1.807, 2.05) is 6.07 Å².